The Morgan fingerprint density at radius 2 is 1.79 bits per heavy atom. The van der Waals surface area contributed by atoms with Gasteiger partial charge in [0.05, 0.1) is 5.56 Å². The minimum Gasteiger partial charge on any atom is -0.507 e. The zero-order chi connectivity index (χ0) is 13.8. The number of aromatic hydroxyl groups is 1. The minimum atomic E-state index is -1.04. The van der Waals surface area contributed by atoms with Gasteiger partial charge in [-0.3, -0.25) is 0 Å². The first-order chi connectivity index (χ1) is 9.11. The lowest BCUT2D eigenvalue weighted by Crippen LogP contribution is -1.95. The van der Waals surface area contributed by atoms with Gasteiger partial charge in [-0.05, 0) is 35.7 Å². The normalized spacial score (nSPS) is 10.4. The summed E-state index contributed by atoms with van der Waals surface area (Å²) in [7, 11) is 0. The molecule has 0 unspecified atom stereocenters. The van der Waals surface area contributed by atoms with Crippen LogP contribution in [-0.4, -0.2) is 16.2 Å². The molecule has 2 aromatic carbocycles. The monoisotopic (exact) mass is 256 g/mol. The molecule has 98 valence electrons. The van der Waals surface area contributed by atoms with Crippen LogP contribution in [0.1, 0.15) is 29.3 Å². The molecule has 2 rings (SSSR count). The van der Waals surface area contributed by atoms with Gasteiger partial charge in [-0.2, -0.15) is 0 Å². The molecule has 0 bridgehead atoms. The Hall–Kier alpha value is -2.29. The van der Waals surface area contributed by atoms with Gasteiger partial charge in [-0.25, -0.2) is 4.79 Å². The van der Waals surface area contributed by atoms with Gasteiger partial charge in [-0.15, -0.1) is 0 Å². The molecule has 2 aromatic rings. The molecule has 0 aliphatic heterocycles. The van der Waals surface area contributed by atoms with Crippen molar-refractivity contribution in [2.75, 3.05) is 0 Å². The van der Waals surface area contributed by atoms with Gasteiger partial charge in [-0.1, -0.05) is 37.6 Å². The zero-order valence-corrected chi connectivity index (χ0v) is 10.8. The Morgan fingerprint density at radius 1 is 1.11 bits per heavy atom. The highest BCUT2D eigenvalue weighted by Gasteiger charge is 2.09. The predicted molar refractivity (Wildman–Crippen MR) is 74.5 cm³/mol. The number of carbonyl (C=O) groups is 1. The van der Waals surface area contributed by atoms with E-state index in [4.69, 9.17) is 5.11 Å². The summed E-state index contributed by atoms with van der Waals surface area (Å²) in [6.45, 7) is 2.13. The van der Waals surface area contributed by atoms with Crippen molar-refractivity contribution >= 4 is 5.97 Å². The number of aryl methyl sites for hydroxylation is 1. The standard InChI is InChI=1S/C16H16O3/c1-2-3-11-4-6-12(7-5-11)14-9-8-13(16(18)19)10-15(14)17/h4-10,17H,2-3H2,1H3,(H,18,19). The van der Waals surface area contributed by atoms with E-state index >= 15 is 0 Å². The largest absolute Gasteiger partial charge is 0.507 e. The first-order valence-electron chi connectivity index (χ1n) is 6.27. The summed E-state index contributed by atoms with van der Waals surface area (Å²) < 4.78 is 0. The number of phenolic OH excluding ortho intramolecular Hbond substituents is 1. The number of benzene rings is 2. The molecule has 2 N–H and O–H groups in total. The molecule has 3 nitrogen and oxygen atoms in total. The van der Waals surface area contributed by atoms with Crippen LogP contribution in [0.25, 0.3) is 11.1 Å². The van der Waals surface area contributed by atoms with Crippen molar-refractivity contribution in [2.24, 2.45) is 0 Å². The van der Waals surface area contributed by atoms with Crippen LogP contribution in [0.2, 0.25) is 0 Å². The number of aromatic carboxylic acids is 1. The van der Waals surface area contributed by atoms with Crippen LogP contribution in [-0.2, 0) is 6.42 Å². The zero-order valence-electron chi connectivity index (χ0n) is 10.8. The van der Waals surface area contributed by atoms with E-state index < -0.39 is 5.97 Å². The topological polar surface area (TPSA) is 57.5 Å². The van der Waals surface area contributed by atoms with E-state index in [1.54, 1.807) is 6.07 Å². The summed E-state index contributed by atoms with van der Waals surface area (Å²) in [5, 5.41) is 18.8. The van der Waals surface area contributed by atoms with E-state index in [0.717, 1.165) is 18.4 Å². The Balaban J connectivity index is 2.33. The summed E-state index contributed by atoms with van der Waals surface area (Å²) in [4.78, 5) is 10.8. The molecule has 0 heterocycles. The van der Waals surface area contributed by atoms with Crippen LogP contribution in [0.3, 0.4) is 0 Å². The van der Waals surface area contributed by atoms with Crippen LogP contribution >= 0.6 is 0 Å². The molecule has 0 atom stereocenters. The van der Waals surface area contributed by atoms with Crippen molar-refractivity contribution in [3.05, 3.63) is 53.6 Å². The Kier molecular flexibility index (Phi) is 3.85. The van der Waals surface area contributed by atoms with Gasteiger partial charge in [0.1, 0.15) is 5.75 Å². The second-order valence-corrected chi connectivity index (χ2v) is 4.48. The van der Waals surface area contributed by atoms with E-state index in [-0.39, 0.29) is 11.3 Å². The Bertz CT molecular complexity index is 585. The molecule has 0 aromatic heterocycles. The molecule has 19 heavy (non-hydrogen) atoms. The molecule has 0 aliphatic rings. The van der Waals surface area contributed by atoms with Crippen molar-refractivity contribution < 1.29 is 15.0 Å². The van der Waals surface area contributed by atoms with Crippen LogP contribution < -0.4 is 0 Å². The average molecular weight is 256 g/mol. The fourth-order valence-corrected chi connectivity index (χ4v) is 2.05. The second kappa shape index (κ2) is 5.57. The second-order valence-electron chi connectivity index (χ2n) is 4.48. The van der Waals surface area contributed by atoms with Crippen molar-refractivity contribution in [3.8, 4) is 16.9 Å². The number of hydrogen-bond donors (Lipinski definition) is 2. The van der Waals surface area contributed by atoms with E-state index in [9.17, 15) is 9.90 Å². The Morgan fingerprint density at radius 3 is 2.32 bits per heavy atom. The highest BCUT2D eigenvalue weighted by atomic mass is 16.4. The molecule has 0 saturated heterocycles. The molecule has 0 saturated carbocycles. The number of rotatable bonds is 4. The van der Waals surface area contributed by atoms with Gasteiger partial charge in [0.25, 0.3) is 0 Å². The van der Waals surface area contributed by atoms with Gasteiger partial charge >= 0.3 is 5.97 Å². The van der Waals surface area contributed by atoms with Crippen molar-refractivity contribution in [1.82, 2.24) is 0 Å². The SMILES string of the molecule is CCCc1ccc(-c2ccc(C(=O)O)cc2O)cc1. The molecular formula is C16H16O3. The third kappa shape index (κ3) is 2.94. The van der Waals surface area contributed by atoms with Crippen molar-refractivity contribution in [2.45, 2.75) is 19.8 Å². The summed E-state index contributed by atoms with van der Waals surface area (Å²) >= 11 is 0. The third-order valence-electron chi connectivity index (χ3n) is 3.05. The number of hydrogen-bond acceptors (Lipinski definition) is 2. The minimum absolute atomic E-state index is 0.0110. The highest BCUT2D eigenvalue weighted by molar-refractivity contribution is 5.89. The van der Waals surface area contributed by atoms with Crippen molar-refractivity contribution in [1.29, 1.82) is 0 Å². The quantitative estimate of drug-likeness (QED) is 0.876. The smallest absolute Gasteiger partial charge is 0.335 e. The fourth-order valence-electron chi connectivity index (χ4n) is 2.05. The Labute approximate surface area is 112 Å². The summed E-state index contributed by atoms with van der Waals surface area (Å²) in [5.74, 6) is -1.05. The number of carboxylic acid groups (broad SMARTS) is 1. The molecule has 3 heteroatoms. The maximum Gasteiger partial charge on any atom is 0.335 e. The number of carboxylic acids is 1. The predicted octanol–water partition coefficient (Wildman–Crippen LogP) is 3.71. The van der Waals surface area contributed by atoms with Gasteiger partial charge in [0.15, 0.2) is 0 Å². The van der Waals surface area contributed by atoms with Crippen molar-refractivity contribution in [3.63, 3.8) is 0 Å². The maximum absolute atomic E-state index is 10.8. The van der Waals surface area contributed by atoms with E-state index in [1.165, 1.54) is 17.7 Å². The lowest BCUT2D eigenvalue weighted by molar-refractivity contribution is 0.0696. The first-order valence-corrected chi connectivity index (χ1v) is 6.27. The first kappa shape index (κ1) is 13.1. The van der Waals surface area contributed by atoms with E-state index in [2.05, 4.69) is 6.92 Å². The summed E-state index contributed by atoms with van der Waals surface area (Å²) in [5.41, 5.74) is 2.87. The number of phenols is 1. The summed E-state index contributed by atoms with van der Waals surface area (Å²) in [6, 6.07) is 12.4. The van der Waals surface area contributed by atoms with Crippen LogP contribution in [0.5, 0.6) is 5.75 Å². The lowest BCUT2D eigenvalue weighted by atomic mass is 10.0. The van der Waals surface area contributed by atoms with E-state index in [0.29, 0.717) is 5.56 Å². The average Bonchev–Trinajstić information content (AvgIpc) is 2.40. The van der Waals surface area contributed by atoms with Gasteiger partial charge < -0.3 is 10.2 Å². The highest BCUT2D eigenvalue weighted by Crippen LogP contribution is 2.30. The summed E-state index contributed by atoms with van der Waals surface area (Å²) in [6.07, 6.45) is 2.13. The van der Waals surface area contributed by atoms with Crippen LogP contribution in [0.15, 0.2) is 42.5 Å². The maximum atomic E-state index is 10.8. The van der Waals surface area contributed by atoms with Gasteiger partial charge in [0, 0.05) is 5.56 Å². The molecule has 0 radical (unpaired) electrons. The molecule has 0 amide bonds. The molecule has 0 spiro atoms. The third-order valence-corrected chi connectivity index (χ3v) is 3.05. The molecule has 0 fully saturated rings. The van der Waals surface area contributed by atoms with E-state index in [1.807, 2.05) is 24.3 Å². The van der Waals surface area contributed by atoms with Crippen LogP contribution in [0.4, 0.5) is 0 Å². The molecular weight excluding hydrogens is 240 g/mol. The molecule has 0 aliphatic carbocycles. The van der Waals surface area contributed by atoms with Gasteiger partial charge in [0.2, 0.25) is 0 Å². The fraction of sp³-hybridized carbons (Fsp3) is 0.188. The lowest BCUT2D eigenvalue weighted by Gasteiger charge is -2.07. The van der Waals surface area contributed by atoms with Crippen LogP contribution in [0, 0.1) is 0 Å².